The Morgan fingerprint density at radius 2 is 1.43 bits per heavy atom. The fourth-order valence-corrected chi connectivity index (χ4v) is 4.33. The third-order valence-corrected chi connectivity index (χ3v) is 5.72. The van der Waals surface area contributed by atoms with Crippen LogP contribution >= 0.6 is 11.8 Å². The first-order chi connectivity index (χ1) is 16.5. The molecule has 0 unspecified atom stereocenters. The highest BCUT2D eigenvalue weighted by Crippen LogP contribution is 2.33. The van der Waals surface area contributed by atoms with Crippen LogP contribution in [0.25, 0.3) is 11.1 Å². The van der Waals surface area contributed by atoms with Crippen molar-refractivity contribution in [1.29, 1.82) is 0 Å². The average Bonchev–Trinajstić information content (AvgIpc) is 2.77. The van der Waals surface area contributed by atoms with Crippen molar-refractivity contribution in [1.82, 2.24) is 0 Å². The number of benzene rings is 2. The van der Waals surface area contributed by atoms with Crippen LogP contribution in [0.5, 0.6) is 5.75 Å². The van der Waals surface area contributed by atoms with Crippen LogP contribution in [0, 0.1) is 20.8 Å². The minimum atomic E-state index is -4.36. The van der Waals surface area contributed by atoms with Crippen LogP contribution in [0.2, 0.25) is 0 Å². The fourth-order valence-electron chi connectivity index (χ4n) is 3.47. The first-order valence-corrected chi connectivity index (χ1v) is 12.7. The molecule has 0 aliphatic heterocycles. The van der Waals surface area contributed by atoms with Gasteiger partial charge < -0.3 is 9.52 Å². The second-order valence-electron chi connectivity index (χ2n) is 7.86. The molecule has 1 heterocycles. The molecule has 35 heavy (non-hydrogen) atoms. The molecule has 7 heteroatoms. The topological polar surface area (TPSA) is 50.4 Å². The van der Waals surface area contributed by atoms with E-state index in [1.165, 1.54) is 36.4 Å². The smallest absolute Gasteiger partial charge is 0.416 e. The monoisotopic (exact) mass is 508 g/mol. The molecule has 192 valence electrons. The molecule has 0 aliphatic carbocycles. The molecule has 1 N–H and O–H groups in total. The Labute approximate surface area is 210 Å². The summed E-state index contributed by atoms with van der Waals surface area (Å²) in [7, 11) is 0. The van der Waals surface area contributed by atoms with Crippen LogP contribution < -0.4 is 5.63 Å². The van der Waals surface area contributed by atoms with Crippen molar-refractivity contribution in [2.24, 2.45) is 0 Å². The molecule has 2 aromatic carbocycles. The lowest BCUT2D eigenvalue weighted by Gasteiger charge is -2.12. The maximum Gasteiger partial charge on any atom is 0.416 e. The summed E-state index contributed by atoms with van der Waals surface area (Å²) in [5, 5.41) is 10.5. The van der Waals surface area contributed by atoms with Crippen molar-refractivity contribution < 1.29 is 22.7 Å². The summed E-state index contributed by atoms with van der Waals surface area (Å²) in [6.07, 6.45) is -2.76. The van der Waals surface area contributed by atoms with E-state index in [4.69, 9.17) is 4.42 Å². The van der Waals surface area contributed by atoms with Crippen LogP contribution in [0.3, 0.4) is 0 Å². The van der Waals surface area contributed by atoms with Gasteiger partial charge in [-0.2, -0.15) is 13.2 Å². The van der Waals surface area contributed by atoms with Crippen molar-refractivity contribution in [3.8, 4) is 16.9 Å². The standard InChI is InChI=1S/C23H21F3O3S.C3H8.C2H6/c1-13-10-14(2)20(15(3)11-13)21-19(27)12-17(29-22(21)28)8-9-30-18-6-4-16(5-7-18)23(24,25)26;1-3-2;1-2/h4-7,10-12,27H,8-9H2,1-3H3;3H2,1-2H3;1-2H3. The summed E-state index contributed by atoms with van der Waals surface area (Å²) in [4.78, 5) is 13.3. The predicted octanol–water partition coefficient (Wildman–Crippen LogP) is 8.73. The minimum Gasteiger partial charge on any atom is -0.507 e. The number of thioether (sulfide) groups is 1. The van der Waals surface area contributed by atoms with E-state index in [-0.39, 0.29) is 11.3 Å². The van der Waals surface area contributed by atoms with Crippen LogP contribution in [0.15, 0.2) is 56.6 Å². The lowest BCUT2D eigenvalue weighted by atomic mass is 9.94. The molecule has 0 atom stereocenters. The second-order valence-corrected chi connectivity index (χ2v) is 9.03. The van der Waals surface area contributed by atoms with Gasteiger partial charge in [0.2, 0.25) is 0 Å². The molecule has 0 saturated carbocycles. The van der Waals surface area contributed by atoms with Crippen LogP contribution in [0.1, 0.15) is 62.1 Å². The number of alkyl halides is 3. The van der Waals surface area contributed by atoms with Gasteiger partial charge in [0.15, 0.2) is 0 Å². The zero-order valence-electron chi connectivity index (χ0n) is 21.5. The van der Waals surface area contributed by atoms with Crippen LogP contribution in [0.4, 0.5) is 13.2 Å². The molecular weight excluding hydrogens is 473 g/mol. The van der Waals surface area contributed by atoms with Gasteiger partial charge >= 0.3 is 11.8 Å². The number of rotatable bonds is 5. The Kier molecular flexibility index (Phi) is 12.2. The summed E-state index contributed by atoms with van der Waals surface area (Å²) in [5.74, 6) is 0.661. The minimum absolute atomic E-state index is 0.143. The molecule has 0 spiro atoms. The fraction of sp³-hybridized carbons (Fsp3) is 0.393. The lowest BCUT2D eigenvalue weighted by Crippen LogP contribution is -2.08. The van der Waals surface area contributed by atoms with Gasteiger partial charge in [0.1, 0.15) is 17.1 Å². The SMILES string of the molecule is CC.CCC.Cc1cc(C)c(-c2c(O)cc(CCSc3ccc(C(F)(F)F)cc3)oc2=O)c(C)c1. The zero-order valence-corrected chi connectivity index (χ0v) is 22.3. The molecular formula is C28H35F3O3S. The third kappa shape index (κ3) is 8.80. The first kappa shape index (κ1) is 30.4. The van der Waals surface area contributed by atoms with Crippen molar-refractivity contribution in [3.63, 3.8) is 0 Å². The third-order valence-electron chi connectivity index (χ3n) is 4.71. The van der Waals surface area contributed by atoms with E-state index < -0.39 is 17.4 Å². The molecule has 3 nitrogen and oxygen atoms in total. The Morgan fingerprint density at radius 1 is 0.914 bits per heavy atom. The molecule has 0 fully saturated rings. The number of hydrogen-bond donors (Lipinski definition) is 1. The van der Waals surface area contributed by atoms with Gasteiger partial charge in [0.05, 0.1) is 5.56 Å². The molecule has 0 radical (unpaired) electrons. The number of hydrogen-bond acceptors (Lipinski definition) is 4. The molecule has 3 rings (SSSR count). The van der Waals surface area contributed by atoms with Crippen molar-refractivity contribution in [2.75, 3.05) is 5.75 Å². The van der Waals surface area contributed by atoms with E-state index in [1.54, 1.807) is 0 Å². The number of aromatic hydroxyl groups is 1. The van der Waals surface area contributed by atoms with E-state index in [9.17, 15) is 23.1 Å². The van der Waals surface area contributed by atoms with Crippen LogP contribution in [-0.2, 0) is 12.6 Å². The summed E-state index contributed by atoms with van der Waals surface area (Å²) < 4.78 is 43.3. The second kappa shape index (κ2) is 14.0. The Morgan fingerprint density at radius 3 is 1.89 bits per heavy atom. The Bertz CT molecular complexity index is 1110. The highest BCUT2D eigenvalue weighted by molar-refractivity contribution is 7.99. The molecule has 0 bridgehead atoms. The Balaban J connectivity index is 0.00000114. The van der Waals surface area contributed by atoms with E-state index in [0.29, 0.717) is 28.4 Å². The summed E-state index contributed by atoms with van der Waals surface area (Å²) in [6.45, 7) is 14.0. The van der Waals surface area contributed by atoms with Gasteiger partial charge in [-0.25, -0.2) is 4.79 Å². The van der Waals surface area contributed by atoms with Crippen molar-refractivity contribution in [2.45, 2.75) is 72.4 Å². The number of aryl methyl sites for hydroxylation is 4. The van der Waals surface area contributed by atoms with E-state index >= 15 is 0 Å². The largest absolute Gasteiger partial charge is 0.507 e. The highest BCUT2D eigenvalue weighted by atomic mass is 32.2. The van der Waals surface area contributed by atoms with Gasteiger partial charge in [-0.3, -0.25) is 0 Å². The molecule has 3 aromatic rings. The first-order valence-electron chi connectivity index (χ1n) is 11.7. The molecule has 1 aromatic heterocycles. The Hall–Kier alpha value is -2.67. The number of halogens is 3. The highest BCUT2D eigenvalue weighted by Gasteiger charge is 2.29. The van der Waals surface area contributed by atoms with Gasteiger partial charge in [0, 0.05) is 23.1 Å². The van der Waals surface area contributed by atoms with Crippen LogP contribution in [-0.4, -0.2) is 10.9 Å². The summed E-state index contributed by atoms with van der Waals surface area (Å²) in [6, 6.07) is 10.2. The van der Waals surface area contributed by atoms with Gasteiger partial charge in [0.25, 0.3) is 0 Å². The van der Waals surface area contributed by atoms with E-state index in [2.05, 4.69) is 13.8 Å². The zero-order chi connectivity index (χ0) is 26.8. The van der Waals surface area contributed by atoms with Gasteiger partial charge in [-0.1, -0.05) is 51.8 Å². The predicted molar refractivity (Wildman–Crippen MR) is 139 cm³/mol. The maximum absolute atomic E-state index is 12.6. The van der Waals surface area contributed by atoms with E-state index in [0.717, 1.165) is 28.8 Å². The normalized spacial score (nSPS) is 10.7. The average molecular weight is 509 g/mol. The lowest BCUT2D eigenvalue weighted by molar-refractivity contribution is -0.137. The van der Waals surface area contributed by atoms with Gasteiger partial charge in [-0.05, 0) is 61.7 Å². The maximum atomic E-state index is 12.6. The molecule has 0 amide bonds. The summed E-state index contributed by atoms with van der Waals surface area (Å²) in [5.41, 5.74) is 2.32. The molecule has 0 saturated heterocycles. The van der Waals surface area contributed by atoms with E-state index in [1.807, 2.05) is 46.8 Å². The quantitative estimate of drug-likeness (QED) is 0.350. The van der Waals surface area contributed by atoms with Crippen molar-refractivity contribution >= 4 is 11.8 Å². The van der Waals surface area contributed by atoms with Crippen molar-refractivity contribution in [3.05, 3.63) is 80.9 Å². The summed E-state index contributed by atoms with van der Waals surface area (Å²) >= 11 is 1.34. The van der Waals surface area contributed by atoms with Gasteiger partial charge in [-0.15, -0.1) is 11.8 Å². The molecule has 0 aliphatic rings.